The summed E-state index contributed by atoms with van der Waals surface area (Å²) in [6.07, 6.45) is 0. The van der Waals surface area contributed by atoms with E-state index in [4.69, 9.17) is 34.8 Å². The smallest absolute Gasteiger partial charge is 0.234 e. The summed E-state index contributed by atoms with van der Waals surface area (Å²) in [4.78, 5) is 30.2. The minimum Gasteiger partial charge on any atom is -0.325 e. The average Bonchev–Trinajstić information content (AvgIpc) is 3.65. The van der Waals surface area contributed by atoms with Crippen molar-refractivity contribution >= 4 is 103 Å². The van der Waals surface area contributed by atoms with Gasteiger partial charge in [0.15, 0.2) is 15.3 Å². The fraction of sp³-hybridized carbons (Fsp3) is 0.0938. The van der Waals surface area contributed by atoms with Gasteiger partial charge in [0.25, 0.3) is 0 Å². The number of benzene rings is 4. The van der Waals surface area contributed by atoms with Crippen LogP contribution in [0.3, 0.4) is 0 Å². The van der Waals surface area contributed by atoms with E-state index in [9.17, 15) is 9.59 Å². The van der Waals surface area contributed by atoms with Gasteiger partial charge < -0.3 is 10.6 Å². The van der Waals surface area contributed by atoms with Crippen LogP contribution in [0.5, 0.6) is 0 Å². The third-order valence-electron chi connectivity index (χ3n) is 6.61. The van der Waals surface area contributed by atoms with Crippen molar-refractivity contribution in [3.63, 3.8) is 0 Å². The van der Waals surface area contributed by atoms with Gasteiger partial charge in [-0.2, -0.15) is 0 Å². The van der Waals surface area contributed by atoms with Crippen molar-refractivity contribution in [3.05, 3.63) is 106 Å². The van der Waals surface area contributed by atoms with E-state index < -0.39 is 0 Å². The topological polar surface area (TPSA) is 102 Å². The minimum absolute atomic E-state index is 0.0996. The van der Waals surface area contributed by atoms with E-state index in [2.05, 4.69) is 25.8 Å². The number of halogens is 3. The second-order valence-electron chi connectivity index (χ2n) is 9.90. The van der Waals surface area contributed by atoms with Gasteiger partial charge in [0, 0.05) is 32.7 Å². The van der Waals surface area contributed by atoms with Crippen molar-refractivity contribution in [2.24, 2.45) is 0 Å². The van der Waals surface area contributed by atoms with Crippen LogP contribution in [-0.4, -0.2) is 43.1 Å². The molecule has 2 amide bonds. The molecule has 0 aliphatic heterocycles. The van der Waals surface area contributed by atoms with Crippen molar-refractivity contribution < 1.29 is 9.59 Å². The number of nitrogens with zero attached hydrogens (tertiary/aromatic N) is 4. The maximum Gasteiger partial charge on any atom is 0.234 e. The Bertz CT molecular complexity index is 2070. The highest BCUT2D eigenvalue weighted by atomic mass is 35.5. The van der Waals surface area contributed by atoms with Gasteiger partial charge in [-0.3, -0.25) is 14.2 Å². The molecule has 0 aliphatic rings. The molecule has 0 fully saturated rings. The van der Waals surface area contributed by atoms with Gasteiger partial charge in [-0.1, -0.05) is 82.6 Å². The second kappa shape index (κ2) is 14.5. The number of hydrogen-bond acceptors (Lipinski definition) is 8. The molecule has 0 spiro atoms. The molecule has 0 unspecified atom stereocenters. The van der Waals surface area contributed by atoms with Crippen LogP contribution in [0.2, 0.25) is 15.1 Å². The normalized spacial score (nSPS) is 11.1. The monoisotopic (exact) mass is 724 g/mol. The predicted octanol–water partition coefficient (Wildman–Crippen LogP) is 9.27. The molecule has 4 aromatic carbocycles. The quantitative estimate of drug-likeness (QED) is 0.136. The maximum absolute atomic E-state index is 13.0. The molecule has 6 aromatic rings. The van der Waals surface area contributed by atoms with E-state index >= 15 is 0 Å². The molecule has 46 heavy (non-hydrogen) atoms. The summed E-state index contributed by atoms with van der Waals surface area (Å²) in [5.74, 6) is 0.489. The first-order chi connectivity index (χ1) is 22.2. The highest BCUT2D eigenvalue weighted by Gasteiger charge is 2.19. The van der Waals surface area contributed by atoms with Crippen molar-refractivity contribution in [2.75, 3.05) is 22.1 Å². The number of anilines is 2. The lowest BCUT2D eigenvalue weighted by molar-refractivity contribution is -0.114. The number of para-hydroxylation sites is 1. The molecule has 232 valence electrons. The molecule has 0 atom stereocenters. The summed E-state index contributed by atoms with van der Waals surface area (Å²) in [6.45, 7) is 1.91. The molecule has 0 aliphatic carbocycles. The third kappa shape index (κ3) is 7.68. The molecule has 2 aromatic heterocycles. The van der Waals surface area contributed by atoms with E-state index in [1.165, 1.54) is 34.9 Å². The zero-order valence-electron chi connectivity index (χ0n) is 24.0. The number of hydrogen-bond donors (Lipinski definition) is 2. The van der Waals surface area contributed by atoms with E-state index in [1.54, 1.807) is 36.4 Å². The van der Waals surface area contributed by atoms with Crippen molar-refractivity contribution in [1.82, 2.24) is 19.7 Å². The summed E-state index contributed by atoms with van der Waals surface area (Å²) in [5, 5.41) is 16.7. The van der Waals surface area contributed by atoms with Gasteiger partial charge in [-0.05, 0) is 73.2 Å². The molecule has 0 radical (unpaired) electrons. The number of thiazole rings is 1. The Morgan fingerprint density at radius 2 is 1.57 bits per heavy atom. The van der Waals surface area contributed by atoms with Gasteiger partial charge in [0.05, 0.1) is 26.7 Å². The predicted molar refractivity (Wildman–Crippen MR) is 191 cm³/mol. The summed E-state index contributed by atoms with van der Waals surface area (Å²) in [7, 11) is 0. The maximum atomic E-state index is 13.0. The number of thioether (sulfide) groups is 2. The van der Waals surface area contributed by atoms with Crippen molar-refractivity contribution in [2.45, 2.75) is 16.4 Å². The Morgan fingerprint density at radius 1 is 0.826 bits per heavy atom. The summed E-state index contributed by atoms with van der Waals surface area (Å²) in [5.41, 5.74) is 4.55. The van der Waals surface area contributed by atoms with E-state index in [-0.39, 0.29) is 23.3 Å². The molecule has 2 N–H and O–H groups in total. The zero-order valence-corrected chi connectivity index (χ0v) is 28.7. The zero-order chi connectivity index (χ0) is 32.2. The lowest BCUT2D eigenvalue weighted by Crippen LogP contribution is -2.14. The van der Waals surface area contributed by atoms with Crippen LogP contribution >= 0.6 is 69.7 Å². The number of amides is 2. The lowest BCUT2D eigenvalue weighted by atomic mass is 10.2. The van der Waals surface area contributed by atoms with Crippen LogP contribution in [0.4, 0.5) is 11.4 Å². The van der Waals surface area contributed by atoms with Crippen LogP contribution in [0.25, 0.3) is 27.3 Å². The number of rotatable bonds is 10. The van der Waals surface area contributed by atoms with Gasteiger partial charge in [0.2, 0.25) is 11.8 Å². The van der Waals surface area contributed by atoms with Crippen LogP contribution in [0.1, 0.15) is 5.56 Å². The minimum atomic E-state index is -0.204. The number of carbonyl (C=O) groups excluding carboxylic acids is 2. The lowest BCUT2D eigenvalue weighted by Gasteiger charge is -2.11. The molecule has 0 saturated heterocycles. The SMILES string of the molecule is Cc1ccc(Cl)cc1NC(=O)CSc1nc2ccc(NC(=O)CSc3nnc(-c4ccc(Cl)cc4Cl)n3-c3ccccc3)cc2s1. The molecule has 14 heteroatoms. The van der Waals surface area contributed by atoms with E-state index in [0.717, 1.165) is 25.8 Å². The summed E-state index contributed by atoms with van der Waals surface area (Å²) in [6, 6.07) is 25.7. The fourth-order valence-electron chi connectivity index (χ4n) is 4.43. The van der Waals surface area contributed by atoms with Crippen LogP contribution in [0, 0.1) is 6.92 Å². The Morgan fingerprint density at radius 3 is 2.37 bits per heavy atom. The highest BCUT2D eigenvalue weighted by molar-refractivity contribution is 8.01. The Balaban J connectivity index is 1.10. The first-order valence-electron chi connectivity index (χ1n) is 13.7. The molecular weight excluding hydrogens is 703 g/mol. The second-order valence-corrected chi connectivity index (χ2v) is 14.4. The number of aromatic nitrogens is 4. The Hall–Kier alpha value is -3.58. The largest absolute Gasteiger partial charge is 0.325 e. The average molecular weight is 726 g/mol. The standard InChI is InChI=1S/C32H23Cl3N6O2S3/c1-18-7-8-20(34)14-26(18)37-29(43)17-45-32-38-25-12-10-21(15-27(25)46-32)36-28(42)16-44-31-40-39-30(23-11-9-19(33)13-24(23)35)41(31)22-5-3-2-4-6-22/h2-15H,16-17H2,1H3,(H,36,42)(H,37,43). The first kappa shape index (κ1) is 32.4. The third-order valence-corrected chi connectivity index (χ3v) is 10.5. The molecule has 0 bridgehead atoms. The van der Waals surface area contributed by atoms with Crippen LogP contribution < -0.4 is 10.6 Å². The van der Waals surface area contributed by atoms with Gasteiger partial charge in [-0.25, -0.2) is 4.98 Å². The van der Waals surface area contributed by atoms with Gasteiger partial charge >= 0.3 is 0 Å². The van der Waals surface area contributed by atoms with Crippen LogP contribution in [-0.2, 0) is 9.59 Å². The van der Waals surface area contributed by atoms with Crippen LogP contribution in [0.15, 0.2) is 94.4 Å². The van der Waals surface area contributed by atoms with E-state index in [0.29, 0.717) is 43.0 Å². The molecule has 2 heterocycles. The fourth-order valence-corrected chi connectivity index (χ4v) is 7.76. The van der Waals surface area contributed by atoms with Crippen molar-refractivity contribution in [1.29, 1.82) is 0 Å². The van der Waals surface area contributed by atoms with E-state index in [1.807, 2.05) is 60.0 Å². The van der Waals surface area contributed by atoms with Crippen molar-refractivity contribution in [3.8, 4) is 17.1 Å². The molecule has 0 saturated carbocycles. The Kier molecular flexibility index (Phi) is 10.2. The van der Waals surface area contributed by atoms with Gasteiger partial charge in [-0.15, -0.1) is 21.5 Å². The summed E-state index contributed by atoms with van der Waals surface area (Å²) >= 11 is 22.7. The highest BCUT2D eigenvalue weighted by Crippen LogP contribution is 2.34. The Labute approximate surface area is 291 Å². The molecular formula is C32H23Cl3N6O2S3. The number of fused-ring (bicyclic) bond motifs is 1. The number of carbonyl (C=O) groups is 2. The number of aryl methyl sites for hydroxylation is 1. The first-order valence-corrected chi connectivity index (χ1v) is 17.6. The molecule has 8 nitrogen and oxygen atoms in total. The number of nitrogens with one attached hydrogen (secondary N) is 2. The molecule has 6 rings (SSSR count). The summed E-state index contributed by atoms with van der Waals surface area (Å²) < 4.78 is 3.52. The van der Waals surface area contributed by atoms with Gasteiger partial charge in [0.1, 0.15) is 0 Å².